The van der Waals surface area contributed by atoms with Crippen molar-refractivity contribution in [1.82, 2.24) is 5.32 Å². The van der Waals surface area contributed by atoms with Gasteiger partial charge in [-0.1, -0.05) is 35.3 Å². The van der Waals surface area contributed by atoms with Crippen LogP contribution in [0.3, 0.4) is 0 Å². The minimum absolute atomic E-state index is 0.0155. The van der Waals surface area contributed by atoms with Gasteiger partial charge in [0, 0.05) is 40.1 Å². The van der Waals surface area contributed by atoms with Gasteiger partial charge >= 0.3 is 0 Å². The molecule has 6 heteroatoms. The Bertz CT molecular complexity index is 772. The van der Waals surface area contributed by atoms with E-state index in [4.69, 9.17) is 27.9 Å². The van der Waals surface area contributed by atoms with Crippen molar-refractivity contribution in [3.63, 3.8) is 0 Å². The van der Waals surface area contributed by atoms with Gasteiger partial charge in [-0.15, -0.1) is 0 Å². The number of rotatable bonds is 6. The molecular weight excluding hydrogens is 383 g/mol. The van der Waals surface area contributed by atoms with Gasteiger partial charge in [-0.3, -0.25) is 4.79 Å². The molecule has 4 nitrogen and oxygen atoms in total. The Morgan fingerprint density at radius 1 is 1.11 bits per heavy atom. The molecule has 0 aliphatic carbocycles. The number of methoxy groups -OCH3 is 1. The van der Waals surface area contributed by atoms with E-state index >= 15 is 0 Å². The molecule has 1 aliphatic rings. The summed E-state index contributed by atoms with van der Waals surface area (Å²) < 4.78 is 5.32. The van der Waals surface area contributed by atoms with Crippen LogP contribution < -0.4 is 15.0 Å². The lowest BCUT2D eigenvalue weighted by molar-refractivity contribution is -0.918. The smallest absolute Gasteiger partial charge is 0.224 e. The molecule has 0 unspecified atom stereocenters. The molecule has 0 spiro atoms. The van der Waals surface area contributed by atoms with E-state index in [1.54, 1.807) is 30.2 Å². The van der Waals surface area contributed by atoms with Crippen molar-refractivity contribution in [3.05, 3.63) is 63.6 Å². The van der Waals surface area contributed by atoms with Crippen molar-refractivity contribution >= 4 is 29.1 Å². The lowest BCUT2D eigenvalue weighted by atomic mass is 10.0. The van der Waals surface area contributed by atoms with Crippen LogP contribution in [0.1, 0.15) is 24.0 Å². The van der Waals surface area contributed by atoms with E-state index < -0.39 is 0 Å². The fourth-order valence-electron chi connectivity index (χ4n) is 3.58. The van der Waals surface area contributed by atoms with Gasteiger partial charge in [0.2, 0.25) is 5.91 Å². The van der Waals surface area contributed by atoms with Gasteiger partial charge in [-0.25, -0.2) is 0 Å². The minimum Gasteiger partial charge on any atom is -0.496 e. The molecule has 0 aromatic heterocycles. The zero-order valence-corrected chi connectivity index (χ0v) is 16.9. The number of hydrogen-bond acceptors (Lipinski definition) is 2. The Morgan fingerprint density at radius 3 is 2.44 bits per heavy atom. The van der Waals surface area contributed by atoms with E-state index in [9.17, 15) is 4.79 Å². The molecule has 144 valence electrons. The minimum atomic E-state index is 0.0155. The van der Waals surface area contributed by atoms with Crippen LogP contribution in [0.2, 0.25) is 10.0 Å². The summed E-state index contributed by atoms with van der Waals surface area (Å²) in [6, 6.07) is 13.6. The van der Waals surface area contributed by atoms with Crippen LogP contribution in [0, 0.1) is 0 Å². The topological polar surface area (TPSA) is 42.8 Å². The fraction of sp³-hybridized carbons (Fsp3) is 0.381. The predicted molar refractivity (Wildman–Crippen MR) is 109 cm³/mol. The summed E-state index contributed by atoms with van der Waals surface area (Å²) in [6.07, 6.45) is 2.25. The first kappa shape index (κ1) is 20.0. The molecule has 27 heavy (non-hydrogen) atoms. The first-order chi connectivity index (χ1) is 13.0. The first-order valence-corrected chi connectivity index (χ1v) is 9.99. The summed E-state index contributed by atoms with van der Waals surface area (Å²) in [4.78, 5) is 14.0. The lowest BCUT2D eigenvalue weighted by Crippen LogP contribution is -3.12. The standard InChI is InChI=1S/C21H24Cl2N2O2/c1-27-20-7-6-18(23)12-16(20)13-21(26)24-19-8-10-25(11-9-19)14-15-2-4-17(22)5-3-15/h2-7,12,19H,8-11,13-14H2,1H3,(H,24,26)/p+1. The van der Waals surface area contributed by atoms with E-state index in [-0.39, 0.29) is 18.4 Å². The molecule has 0 atom stereocenters. The predicted octanol–water partition coefficient (Wildman–Crippen LogP) is 2.91. The van der Waals surface area contributed by atoms with Crippen molar-refractivity contribution in [1.29, 1.82) is 0 Å². The number of nitrogens with one attached hydrogen (secondary N) is 2. The highest BCUT2D eigenvalue weighted by atomic mass is 35.5. The number of hydrogen-bond donors (Lipinski definition) is 2. The van der Waals surface area contributed by atoms with Crippen LogP contribution in [0.15, 0.2) is 42.5 Å². The van der Waals surface area contributed by atoms with Crippen molar-refractivity contribution in [3.8, 4) is 5.75 Å². The second-order valence-electron chi connectivity index (χ2n) is 7.03. The highest BCUT2D eigenvalue weighted by molar-refractivity contribution is 6.30. The number of amides is 1. The largest absolute Gasteiger partial charge is 0.496 e. The van der Waals surface area contributed by atoms with Gasteiger partial charge in [-0.2, -0.15) is 0 Å². The number of carbonyl (C=O) groups is 1. The lowest BCUT2D eigenvalue weighted by Gasteiger charge is -2.30. The van der Waals surface area contributed by atoms with Crippen molar-refractivity contribution in [2.75, 3.05) is 20.2 Å². The summed E-state index contributed by atoms with van der Waals surface area (Å²) in [5.74, 6) is 0.707. The van der Waals surface area contributed by atoms with Gasteiger partial charge in [0.05, 0.1) is 26.6 Å². The molecule has 0 radical (unpaired) electrons. The van der Waals surface area contributed by atoms with Crippen molar-refractivity contribution in [2.24, 2.45) is 0 Å². The van der Waals surface area contributed by atoms with E-state index in [2.05, 4.69) is 17.4 Å². The van der Waals surface area contributed by atoms with E-state index in [0.29, 0.717) is 10.8 Å². The summed E-state index contributed by atoms with van der Waals surface area (Å²) >= 11 is 12.0. The molecular formula is C21H25Cl2N2O2+. The molecule has 3 rings (SSSR count). The summed E-state index contributed by atoms with van der Waals surface area (Å²) in [6.45, 7) is 3.10. The van der Waals surface area contributed by atoms with Crippen molar-refractivity contribution < 1.29 is 14.4 Å². The third-order valence-corrected chi connectivity index (χ3v) is 5.51. The van der Waals surface area contributed by atoms with Gasteiger partial charge in [0.15, 0.2) is 0 Å². The van der Waals surface area contributed by atoms with Crippen LogP contribution >= 0.6 is 23.2 Å². The average molecular weight is 408 g/mol. The van der Waals surface area contributed by atoms with Crippen LogP contribution in [-0.2, 0) is 17.8 Å². The number of quaternary nitrogens is 1. The van der Waals surface area contributed by atoms with Crippen LogP contribution in [0.4, 0.5) is 0 Å². The number of likely N-dealkylation sites (tertiary alicyclic amines) is 1. The van der Waals surface area contributed by atoms with E-state index in [1.807, 2.05) is 12.1 Å². The van der Waals surface area contributed by atoms with Crippen molar-refractivity contribution in [2.45, 2.75) is 31.8 Å². The zero-order chi connectivity index (χ0) is 19.2. The van der Waals surface area contributed by atoms with Gasteiger partial charge in [0.1, 0.15) is 12.3 Å². The molecule has 0 saturated carbocycles. The number of benzene rings is 2. The molecule has 1 saturated heterocycles. The number of halogens is 2. The fourth-order valence-corrected chi connectivity index (χ4v) is 3.90. The number of carbonyl (C=O) groups excluding carboxylic acids is 1. The first-order valence-electron chi connectivity index (χ1n) is 9.23. The third-order valence-electron chi connectivity index (χ3n) is 5.02. The Labute approximate surface area is 170 Å². The van der Waals surface area contributed by atoms with Gasteiger partial charge in [0.25, 0.3) is 0 Å². The molecule has 2 N–H and O–H groups in total. The SMILES string of the molecule is COc1ccc(Cl)cc1CC(=O)NC1CC[NH+](Cc2ccc(Cl)cc2)CC1. The second kappa shape index (κ2) is 9.45. The third kappa shape index (κ3) is 5.86. The quantitative estimate of drug-likeness (QED) is 0.772. The maximum absolute atomic E-state index is 12.4. The maximum Gasteiger partial charge on any atom is 0.224 e. The highest BCUT2D eigenvalue weighted by Gasteiger charge is 2.23. The maximum atomic E-state index is 12.4. The molecule has 2 aromatic rings. The van der Waals surface area contributed by atoms with E-state index in [0.717, 1.165) is 43.1 Å². The molecule has 1 aliphatic heterocycles. The monoisotopic (exact) mass is 407 g/mol. The Hall–Kier alpha value is -1.75. The molecule has 1 amide bonds. The summed E-state index contributed by atoms with van der Waals surface area (Å²) in [5, 5.41) is 4.54. The molecule has 2 aromatic carbocycles. The zero-order valence-electron chi connectivity index (χ0n) is 15.4. The normalized spacial score (nSPS) is 19.5. The molecule has 1 heterocycles. The van der Waals surface area contributed by atoms with Gasteiger partial charge < -0.3 is 15.0 Å². The van der Waals surface area contributed by atoms with Crippen LogP contribution in [0.5, 0.6) is 5.75 Å². The van der Waals surface area contributed by atoms with E-state index in [1.165, 1.54) is 5.56 Å². The Kier molecular flexibility index (Phi) is 7.00. The van der Waals surface area contributed by atoms with Gasteiger partial charge in [-0.05, 0) is 30.3 Å². The van der Waals surface area contributed by atoms with Crippen LogP contribution in [-0.4, -0.2) is 32.1 Å². The Balaban J connectivity index is 1.47. The average Bonchev–Trinajstić information content (AvgIpc) is 2.65. The number of ether oxygens (including phenoxy) is 1. The highest BCUT2D eigenvalue weighted by Crippen LogP contribution is 2.23. The summed E-state index contributed by atoms with van der Waals surface area (Å²) in [5.41, 5.74) is 2.11. The molecule has 0 bridgehead atoms. The Morgan fingerprint density at radius 2 is 1.78 bits per heavy atom. The number of piperidine rings is 1. The molecule has 1 fully saturated rings. The van der Waals surface area contributed by atoms with Crippen LogP contribution in [0.25, 0.3) is 0 Å². The second-order valence-corrected chi connectivity index (χ2v) is 7.90. The summed E-state index contributed by atoms with van der Waals surface area (Å²) in [7, 11) is 1.60.